The molecule has 0 unspecified atom stereocenters. The maximum atomic E-state index is 11.8. The summed E-state index contributed by atoms with van der Waals surface area (Å²) < 4.78 is 6.51. The van der Waals surface area contributed by atoms with E-state index in [4.69, 9.17) is 9.57 Å². The number of benzene rings is 1. The van der Waals surface area contributed by atoms with Crippen LogP contribution in [0.25, 0.3) is 0 Å². The van der Waals surface area contributed by atoms with Crippen LogP contribution >= 0.6 is 15.9 Å². The number of halogens is 1. The van der Waals surface area contributed by atoms with Crippen LogP contribution in [0.2, 0.25) is 0 Å². The van der Waals surface area contributed by atoms with Gasteiger partial charge in [0.2, 0.25) is 5.91 Å². The van der Waals surface area contributed by atoms with Crippen molar-refractivity contribution in [2.24, 2.45) is 0 Å². The quantitative estimate of drug-likeness (QED) is 0.858. The number of hydrogen-bond donors (Lipinski definition) is 0. The van der Waals surface area contributed by atoms with Gasteiger partial charge in [-0.05, 0) is 37.1 Å². The Kier molecular flexibility index (Phi) is 5.01. The zero-order chi connectivity index (χ0) is 12.8. The molecule has 0 radical (unpaired) electrons. The van der Waals surface area contributed by atoms with Crippen LogP contribution < -0.4 is 4.74 Å². The molecule has 0 atom stereocenters. The second kappa shape index (κ2) is 6.75. The molecule has 0 aromatic heterocycles. The van der Waals surface area contributed by atoms with Crippen LogP contribution in [-0.2, 0) is 9.63 Å². The first-order valence-corrected chi connectivity index (χ1v) is 6.86. The predicted molar refractivity (Wildman–Crippen MR) is 71.2 cm³/mol. The highest BCUT2D eigenvalue weighted by Gasteiger charge is 2.17. The number of hydrogen-bond acceptors (Lipinski definition) is 3. The van der Waals surface area contributed by atoms with Gasteiger partial charge in [-0.2, -0.15) is 0 Å². The van der Waals surface area contributed by atoms with Gasteiger partial charge in [0.15, 0.2) is 0 Å². The van der Waals surface area contributed by atoms with Crippen molar-refractivity contribution >= 4 is 21.8 Å². The second-order valence-electron chi connectivity index (χ2n) is 4.09. The fourth-order valence-electron chi connectivity index (χ4n) is 1.71. The normalized spacial score (nSPS) is 15.5. The van der Waals surface area contributed by atoms with Crippen LogP contribution in [0.4, 0.5) is 0 Å². The van der Waals surface area contributed by atoms with Crippen LogP contribution in [0, 0.1) is 0 Å². The summed E-state index contributed by atoms with van der Waals surface area (Å²) in [7, 11) is 0. The van der Waals surface area contributed by atoms with Crippen LogP contribution in [0.5, 0.6) is 5.75 Å². The van der Waals surface area contributed by atoms with Gasteiger partial charge in [0.05, 0.1) is 19.6 Å². The Hall–Kier alpha value is -1.07. The van der Waals surface area contributed by atoms with E-state index in [1.54, 1.807) is 0 Å². The highest BCUT2D eigenvalue weighted by atomic mass is 79.9. The Bertz CT molecular complexity index is 388. The van der Waals surface area contributed by atoms with Gasteiger partial charge >= 0.3 is 0 Å². The maximum absolute atomic E-state index is 11.8. The molecule has 1 aromatic carbocycles. The summed E-state index contributed by atoms with van der Waals surface area (Å²) in [6.07, 6.45) is 2.38. The molecule has 0 aliphatic carbocycles. The first-order chi connectivity index (χ1) is 8.75. The van der Waals surface area contributed by atoms with Gasteiger partial charge in [0.25, 0.3) is 0 Å². The van der Waals surface area contributed by atoms with Gasteiger partial charge in [-0.25, -0.2) is 5.06 Å². The topological polar surface area (TPSA) is 38.8 Å². The van der Waals surface area contributed by atoms with Gasteiger partial charge in [-0.1, -0.05) is 15.9 Å². The fraction of sp³-hybridized carbons (Fsp3) is 0.462. The molecule has 0 N–H and O–H groups in total. The Morgan fingerprint density at radius 1 is 1.33 bits per heavy atom. The van der Waals surface area contributed by atoms with Crippen LogP contribution in [0.15, 0.2) is 28.7 Å². The van der Waals surface area contributed by atoms with E-state index < -0.39 is 0 Å². The Balaban J connectivity index is 1.71. The van der Waals surface area contributed by atoms with Crippen molar-refractivity contribution in [3.05, 3.63) is 28.7 Å². The van der Waals surface area contributed by atoms with Crippen molar-refractivity contribution < 1.29 is 14.4 Å². The maximum Gasteiger partial charge on any atom is 0.249 e. The van der Waals surface area contributed by atoms with Crippen molar-refractivity contribution in [3.8, 4) is 5.75 Å². The third-order valence-electron chi connectivity index (χ3n) is 2.68. The minimum absolute atomic E-state index is 0.00758. The molecule has 4 nitrogen and oxygen atoms in total. The van der Waals surface area contributed by atoms with E-state index in [0.717, 1.165) is 23.1 Å². The number of carbonyl (C=O) groups excluding carboxylic acids is 1. The number of rotatable bonds is 4. The van der Waals surface area contributed by atoms with Gasteiger partial charge in [0, 0.05) is 11.0 Å². The van der Waals surface area contributed by atoms with Gasteiger partial charge in [0.1, 0.15) is 5.75 Å². The van der Waals surface area contributed by atoms with Gasteiger partial charge < -0.3 is 4.74 Å². The minimum atomic E-state index is -0.00758. The second-order valence-corrected chi connectivity index (χ2v) is 5.00. The van der Waals surface area contributed by atoms with E-state index in [0.29, 0.717) is 26.2 Å². The molecule has 0 saturated carbocycles. The molecular weight excluding hydrogens is 298 g/mol. The van der Waals surface area contributed by atoms with E-state index >= 15 is 0 Å². The molecular formula is C13H16BrNO3. The third-order valence-corrected chi connectivity index (χ3v) is 3.21. The smallest absolute Gasteiger partial charge is 0.249 e. The molecule has 1 saturated heterocycles. The van der Waals surface area contributed by atoms with Crippen molar-refractivity contribution in [2.75, 3.05) is 19.8 Å². The van der Waals surface area contributed by atoms with E-state index in [2.05, 4.69) is 15.9 Å². The lowest BCUT2D eigenvalue weighted by atomic mass is 10.3. The Morgan fingerprint density at radius 2 is 2.11 bits per heavy atom. The van der Waals surface area contributed by atoms with Crippen LogP contribution in [0.1, 0.15) is 19.3 Å². The van der Waals surface area contributed by atoms with E-state index in [-0.39, 0.29) is 5.91 Å². The molecule has 1 heterocycles. The molecule has 0 spiro atoms. The molecule has 5 heteroatoms. The first kappa shape index (κ1) is 13.4. The molecule has 18 heavy (non-hydrogen) atoms. The average molecular weight is 314 g/mol. The number of nitrogens with zero attached hydrogens (tertiary/aromatic N) is 1. The average Bonchev–Trinajstić information content (AvgIpc) is 2.42. The van der Waals surface area contributed by atoms with E-state index in [1.165, 1.54) is 5.06 Å². The summed E-state index contributed by atoms with van der Waals surface area (Å²) >= 11 is 3.36. The molecule has 1 fully saturated rings. The summed E-state index contributed by atoms with van der Waals surface area (Å²) in [6.45, 7) is 1.71. The standard InChI is InChI=1S/C13H16BrNO3/c14-11-3-5-12(6-4-11)17-10-7-13(16)15-8-1-2-9-18-15/h3-6H,1-2,7-10H2. The number of amides is 1. The highest BCUT2D eigenvalue weighted by Crippen LogP contribution is 2.16. The van der Waals surface area contributed by atoms with Crippen molar-refractivity contribution in [1.82, 2.24) is 5.06 Å². The van der Waals surface area contributed by atoms with E-state index in [1.807, 2.05) is 24.3 Å². The molecule has 1 aliphatic rings. The van der Waals surface area contributed by atoms with Gasteiger partial charge in [-0.3, -0.25) is 9.63 Å². The zero-order valence-electron chi connectivity index (χ0n) is 10.1. The fourth-order valence-corrected chi connectivity index (χ4v) is 1.97. The van der Waals surface area contributed by atoms with Gasteiger partial charge in [-0.15, -0.1) is 0 Å². The van der Waals surface area contributed by atoms with Crippen molar-refractivity contribution in [3.63, 3.8) is 0 Å². The van der Waals surface area contributed by atoms with Crippen LogP contribution in [0.3, 0.4) is 0 Å². The Morgan fingerprint density at radius 3 is 2.78 bits per heavy atom. The summed E-state index contributed by atoms with van der Waals surface area (Å²) in [5.74, 6) is 0.761. The summed E-state index contributed by atoms with van der Waals surface area (Å²) in [5, 5.41) is 1.45. The monoisotopic (exact) mass is 313 g/mol. The molecule has 0 bridgehead atoms. The SMILES string of the molecule is O=C(CCOc1ccc(Br)cc1)N1CCCCO1. The number of hydroxylamine groups is 2. The predicted octanol–water partition coefficient (Wildman–Crippen LogP) is 2.77. The van der Waals surface area contributed by atoms with Crippen LogP contribution in [-0.4, -0.2) is 30.7 Å². The van der Waals surface area contributed by atoms with E-state index in [9.17, 15) is 4.79 Å². The lowest BCUT2D eigenvalue weighted by Gasteiger charge is -2.25. The first-order valence-electron chi connectivity index (χ1n) is 6.07. The largest absolute Gasteiger partial charge is 0.493 e. The molecule has 1 amide bonds. The summed E-state index contributed by atoms with van der Waals surface area (Å²) in [6, 6.07) is 7.55. The van der Waals surface area contributed by atoms with Crippen molar-refractivity contribution in [2.45, 2.75) is 19.3 Å². The third kappa shape index (κ3) is 3.99. The number of carbonyl (C=O) groups is 1. The lowest BCUT2D eigenvalue weighted by Crippen LogP contribution is -2.36. The molecule has 98 valence electrons. The molecule has 1 aliphatic heterocycles. The zero-order valence-corrected chi connectivity index (χ0v) is 11.7. The summed E-state index contributed by atoms with van der Waals surface area (Å²) in [5.41, 5.74) is 0. The Labute approximate surface area is 115 Å². The van der Waals surface area contributed by atoms with Crippen molar-refractivity contribution in [1.29, 1.82) is 0 Å². The molecule has 2 rings (SSSR count). The lowest BCUT2D eigenvalue weighted by molar-refractivity contribution is -0.197. The minimum Gasteiger partial charge on any atom is -0.493 e. The highest BCUT2D eigenvalue weighted by molar-refractivity contribution is 9.10. The molecule has 1 aromatic rings. The number of ether oxygens (including phenoxy) is 1. The summed E-state index contributed by atoms with van der Waals surface area (Å²) in [4.78, 5) is 17.0.